The maximum absolute atomic E-state index is 14.2. The number of morpholine rings is 1. The van der Waals surface area contributed by atoms with Gasteiger partial charge in [0.25, 0.3) is 25.8 Å². The van der Waals surface area contributed by atoms with Crippen LogP contribution < -0.4 is 26.0 Å². The summed E-state index contributed by atoms with van der Waals surface area (Å²) in [5.41, 5.74) is 3.09. The molecule has 2 aliphatic heterocycles. The van der Waals surface area contributed by atoms with E-state index < -0.39 is 52.8 Å². The van der Waals surface area contributed by atoms with Gasteiger partial charge in [0.15, 0.2) is 0 Å². The standard InChI is InChI=1S/C48H52ClF3N6O7S3.ClH/c49-36-14-10-33(11-15-36)41-8-4-5-9-42(41)46(55-45(59)31-53)34-20-24-58(25-21-34)38-16-12-35(13-17-38)47(60)56-68(63,64)40-18-19-43(44(30-40)67(61,62)48(50,51)52)54-37(22-23-57-26-28-65-29-27-57)32-66-39-6-2-1-3-7-39;/h1-19,30,34,37,46,54H,20-29,31-32,53H2,(H,55,59)(H,56,60);1H/t37?,46-;/m1./s1. The lowest BCUT2D eigenvalue weighted by molar-refractivity contribution is -0.120. The molecule has 1 unspecified atom stereocenters. The minimum absolute atomic E-state index is 0. The van der Waals surface area contributed by atoms with Crippen LogP contribution >= 0.6 is 35.8 Å². The fourth-order valence-corrected chi connectivity index (χ4v) is 11.5. The van der Waals surface area contributed by atoms with Crippen LogP contribution in [0.1, 0.15) is 41.2 Å². The summed E-state index contributed by atoms with van der Waals surface area (Å²) in [5, 5.41) is 6.73. The first kappa shape index (κ1) is 53.5. The van der Waals surface area contributed by atoms with Crippen molar-refractivity contribution in [3.8, 4) is 11.1 Å². The molecule has 5 aromatic carbocycles. The Morgan fingerprint density at radius 1 is 0.841 bits per heavy atom. The van der Waals surface area contributed by atoms with Crippen molar-refractivity contribution in [3.63, 3.8) is 0 Å². The van der Waals surface area contributed by atoms with Gasteiger partial charge in [-0.15, -0.1) is 24.2 Å². The molecule has 370 valence electrons. The minimum atomic E-state index is -6.08. The SMILES string of the molecule is Cl.NCC(=O)N[C@@H](c1ccccc1-c1ccc(Cl)cc1)C1CCN(c2ccc(C(=O)NS(=O)(=O)c3ccc(NC(CCN4CCOCC4)CSc4ccccc4)c(S(=O)(=O)C(F)(F)F)c3)cc2)CC1. The highest BCUT2D eigenvalue weighted by molar-refractivity contribution is 7.99. The highest BCUT2D eigenvalue weighted by atomic mass is 35.5. The molecule has 2 heterocycles. The summed E-state index contributed by atoms with van der Waals surface area (Å²) in [6.45, 7) is 3.96. The van der Waals surface area contributed by atoms with Crippen LogP contribution in [0.25, 0.3) is 11.1 Å². The molecule has 2 atom stereocenters. The van der Waals surface area contributed by atoms with Gasteiger partial charge >= 0.3 is 5.51 Å². The van der Waals surface area contributed by atoms with Crippen molar-refractivity contribution in [3.05, 3.63) is 137 Å². The Labute approximate surface area is 416 Å². The Bertz CT molecular complexity index is 2750. The number of sulfone groups is 1. The van der Waals surface area contributed by atoms with E-state index in [0.717, 1.165) is 39.4 Å². The largest absolute Gasteiger partial charge is 0.501 e. The summed E-state index contributed by atoms with van der Waals surface area (Å²) < 4.78 is 103. The zero-order valence-corrected chi connectivity index (χ0v) is 41.3. The van der Waals surface area contributed by atoms with Gasteiger partial charge in [0, 0.05) is 65.7 Å². The van der Waals surface area contributed by atoms with E-state index in [1.54, 1.807) is 12.1 Å². The van der Waals surface area contributed by atoms with E-state index >= 15 is 0 Å². The van der Waals surface area contributed by atoms with E-state index in [1.807, 2.05) is 83.6 Å². The molecule has 0 bridgehead atoms. The average Bonchev–Trinajstić information content (AvgIpc) is 3.34. The number of sulfonamides is 1. The molecule has 0 aromatic heterocycles. The van der Waals surface area contributed by atoms with E-state index in [9.17, 15) is 39.6 Å². The Hall–Kier alpha value is -4.86. The van der Waals surface area contributed by atoms with Crippen LogP contribution in [-0.2, 0) is 29.4 Å². The second kappa shape index (κ2) is 23.8. The number of carbonyl (C=O) groups excluding carboxylic acids is 2. The van der Waals surface area contributed by atoms with Crippen molar-refractivity contribution in [2.45, 2.75) is 51.5 Å². The number of carbonyl (C=O) groups is 2. The zero-order valence-electron chi connectivity index (χ0n) is 37.2. The van der Waals surface area contributed by atoms with Crippen molar-refractivity contribution in [2.75, 3.05) is 68.5 Å². The summed E-state index contributed by atoms with van der Waals surface area (Å²) in [5.74, 6) is -0.962. The van der Waals surface area contributed by atoms with Crippen LogP contribution in [0.3, 0.4) is 0 Å². The second-order valence-corrected chi connectivity index (χ2v) is 21.6. The number of nitrogens with two attached hydrogens (primary N) is 1. The van der Waals surface area contributed by atoms with Gasteiger partial charge in [0.05, 0.1) is 36.4 Å². The van der Waals surface area contributed by atoms with Gasteiger partial charge in [0.2, 0.25) is 5.91 Å². The third-order valence-electron chi connectivity index (χ3n) is 12.0. The predicted molar refractivity (Wildman–Crippen MR) is 266 cm³/mol. The maximum atomic E-state index is 14.2. The third-order valence-corrected chi connectivity index (χ3v) is 16.3. The molecule has 2 aliphatic rings. The molecule has 2 amide bonds. The molecule has 0 spiro atoms. The van der Waals surface area contributed by atoms with Gasteiger partial charge < -0.3 is 26.0 Å². The summed E-state index contributed by atoms with van der Waals surface area (Å²) >= 11 is 7.60. The van der Waals surface area contributed by atoms with Gasteiger partial charge in [-0.3, -0.25) is 14.5 Å². The molecule has 0 radical (unpaired) electrons. The topological polar surface area (TPSA) is 180 Å². The molecule has 7 rings (SSSR count). The number of thioether (sulfide) groups is 1. The van der Waals surface area contributed by atoms with Crippen LogP contribution in [0.4, 0.5) is 24.5 Å². The molecule has 0 aliphatic carbocycles. The normalized spacial score (nSPS) is 15.9. The summed E-state index contributed by atoms with van der Waals surface area (Å²) in [6.07, 6.45) is 1.80. The summed E-state index contributed by atoms with van der Waals surface area (Å²) in [7, 11) is -11.0. The molecular formula is C48H53Cl2F3N6O7S3. The van der Waals surface area contributed by atoms with Gasteiger partial charge in [0.1, 0.15) is 4.90 Å². The number of ether oxygens (including phenoxy) is 1. The third kappa shape index (κ3) is 13.7. The number of rotatable bonds is 18. The van der Waals surface area contributed by atoms with E-state index in [2.05, 4.69) is 20.4 Å². The van der Waals surface area contributed by atoms with Crippen LogP contribution in [0.2, 0.25) is 5.02 Å². The van der Waals surface area contributed by atoms with Crippen LogP contribution in [0.5, 0.6) is 0 Å². The number of nitrogens with one attached hydrogen (secondary N) is 3. The van der Waals surface area contributed by atoms with Crippen LogP contribution in [0, 0.1) is 5.92 Å². The lowest BCUT2D eigenvalue weighted by Gasteiger charge is -2.38. The Morgan fingerprint density at radius 3 is 2.14 bits per heavy atom. The van der Waals surface area contributed by atoms with Crippen molar-refractivity contribution in [1.29, 1.82) is 0 Å². The molecule has 69 heavy (non-hydrogen) atoms. The molecule has 21 heteroatoms. The number of hydrogen-bond acceptors (Lipinski definition) is 12. The van der Waals surface area contributed by atoms with E-state index in [4.69, 9.17) is 22.1 Å². The minimum Gasteiger partial charge on any atom is -0.380 e. The number of halogens is 5. The van der Waals surface area contributed by atoms with Gasteiger partial charge in [-0.05, 0) is 109 Å². The highest BCUT2D eigenvalue weighted by Crippen LogP contribution is 2.39. The van der Waals surface area contributed by atoms with Crippen molar-refractivity contribution < 1.29 is 44.3 Å². The average molecular weight is 1050 g/mol. The summed E-state index contributed by atoms with van der Waals surface area (Å²) in [4.78, 5) is 29.1. The quantitative estimate of drug-likeness (QED) is 0.0620. The number of amides is 2. The van der Waals surface area contributed by atoms with E-state index in [1.165, 1.54) is 23.9 Å². The number of nitrogens with zero attached hydrogens (tertiary/aromatic N) is 2. The molecule has 2 fully saturated rings. The molecule has 5 aromatic rings. The second-order valence-electron chi connectivity index (χ2n) is 16.5. The van der Waals surface area contributed by atoms with Crippen LogP contribution in [0.15, 0.2) is 136 Å². The monoisotopic (exact) mass is 1050 g/mol. The highest BCUT2D eigenvalue weighted by Gasteiger charge is 2.48. The maximum Gasteiger partial charge on any atom is 0.501 e. The lowest BCUT2D eigenvalue weighted by Crippen LogP contribution is -2.42. The van der Waals surface area contributed by atoms with Crippen molar-refractivity contribution in [2.24, 2.45) is 11.7 Å². The fourth-order valence-electron chi connectivity index (χ4n) is 8.33. The Kier molecular flexibility index (Phi) is 18.5. The Balaban J connectivity index is 0.00000782. The molecular weight excluding hydrogens is 997 g/mol. The predicted octanol–water partition coefficient (Wildman–Crippen LogP) is 8.17. The molecule has 13 nitrogen and oxygen atoms in total. The first-order chi connectivity index (χ1) is 32.5. The van der Waals surface area contributed by atoms with Crippen LogP contribution in [-0.4, -0.2) is 103 Å². The van der Waals surface area contributed by atoms with Gasteiger partial charge in [-0.2, -0.15) is 13.2 Å². The first-order valence-corrected chi connectivity index (χ1v) is 26.3. The van der Waals surface area contributed by atoms with E-state index in [-0.39, 0.29) is 42.4 Å². The summed E-state index contributed by atoms with van der Waals surface area (Å²) in [6, 6.07) is 32.3. The number of anilines is 2. The smallest absolute Gasteiger partial charge is 0.380 e. The number of benzene rings is 5. The first-order valence-electron chi connectivity index (χ1n) is 22.0. The van der Waals surface area contributed by atoms with Gasteiger partial charge in [-0.25, -0.2) is 21.6 Å². The molecule has 0 saturated carbocycles. The van der Waals surface area contributed by atoms with E-state index in [0.29, 0.717) is 82.0 Å². The number of alkyl halides is 3. The van der Waals surface area contributed by atoms with Crippen molar-refractivity contribution >= 4 is 78.8 Å². The van der Waals surface area contributed by atoms with Gasteiger partial charge in [-0.1, -0.05) is 66.2 Å². The lowest BCUT2D eigenvalue weighted by atomic mass is 9.82. The van der Waals surface area contributed by atoms with Crippen molar-refractivity contribution in [1.82, 2.24) is 14.9 Å². The number of hydrogen-bond donors (Lipinski definition) is 4. The molecule has 2 saturated heterocycles. The fraction of sp³-hybridized carbons (Fsp3) is 0.333. The molecule has 5 N–H and O–H groups in total. The zero-order chi connectivity index (χ0) is 48.5. The Morgan fingerprint density at radius 2 is 1.49 bits per heavy atom. The number of piperidine rings is 1.